The molecular weight excluding hydrogens is 338 g/mol. The molecule has 0 aliphatic heterocycles. The zero-order chi connectivity index (χ0) is 19.6. The topological polar surface area (TPSA) is 64.0 Å². The third-order valence-corrected chi connectivity index (χ3v) is 5.00. The van der Waals surface area contributed by atoms with Crippen molar-refractivity contribution >= 4 is 16.9 Å². The van der Waals surface area contributed by atoms with Crippen LogP contribution in [0.4, 0.5) is 0 Å². The molecular formula is C22H25N3O2. The molecule has 0 fully saturated rings. The number of fused-ring (bicyclic) bond motifs is 1. The average molecular weight is 363 g/mol. The number of rotatable bonds is 5. The van der Waals surface area contributed by atoms with E-state index in [1.54, 1.807) is 6.92 Å². The molecule has 1 atom stereocenters. The molecule has 27 heavy (non-hydrogen) atoms. The second kappa shape index (κ2) is 7.74. The van der Waals surface area contributed by atoms with E-state index in [0.717, 1.165) is 16.6 Å². The molecule has 2 aromatic carbocycles. The van der Waals surface area contributed by atoms with E-state index in [4.69, 9.17) is 0 Å². The largest absolute Gasteiger partial charge is 0.354 e. The first-order valence-corrected chi connectivity index (χ1v) is 9.17. The number of hydrogen-bond acceptors (Lipinski definition) is 3. The number of carbonyl (C=O) groups excluding carboxylic acids is 1. The first-order valence-electron chi connectivity index (χ1n) is 9.17. The lowest BCUT2D eigenvalue weighted by Gasteiger charge is -2.15. The lowest BCUT2D eigenvalue weighted by atomic mass is 10.0. The Morgan fingerprint density at radius 2 is 1.78 bits per heavy atom. The van der Waals surface area contributed by atoms with E-state index < -0.39 is 0 Å². The van der Waals surface area contributed by atoms with Gasteiger partial charge in [-0.2, -0.15) is 0 Å². The van der Waals surface area contributed by atoms with Crippen LogP contribution in [-0.4, -0.2) is 22.0 Å². The first kappa shape index (κ1) is 18.8. The maximum atomic E-state index is 12.6. The lowest BCUT2D eigenvalue weighted by Crippen LogP contribution is -2.35. The summed E-state index contributed by atoms with van der Waals surface area (Å²) in [5.74, 6) is 0.0256. The van der Waals surface area contributed by atoms with Crippen LogP contribution in [0.2, 0.25) is 0 Å². The molecule has 0 bridgehead atoms. The van der Waals surface area contributed by atoms with Crippen LogP contribution < -0.4 is 10.9 Å². The van der Waals surface area contributed by atoms with Gasteiger partial charge in [-0.15, -0.1) is 0 Å². The fourth-order valence-electron chi connectivity index (χ4n) is 3.15. The molecule has 1 N–H and O–H groups in total. The van der Waals surface area contributed by atoms with Crippen LogP contribution in [0.3, 0.4) is 0 Å². The summed E-state index contributed by atoms with van der Waals surface area (Å²) in [7, 11) is 0. The van der Waals surface area contributed by atoms with Crippen molar-refractivity contribution in [3.63, 3.8) is 0 Å². The number of nitrogens with zero attached hydrogens (tertiary/aromatic N) is 2. The van der Waals surface area contributed by atoms with Gasteiger partial charge in [0.25, 0.3) is 5.56 Å². The molecule has 0 saturated carbocycles. The van der Waals surface area contributed by atoms with Gasteiger partial charge in [0.05, 0.1) is 11.0 Å². The highest BCUT2D eigenvalue weighted by Crippen LogP contribution is 2.17. The molecule has 0 spiro atoms. The Labute approximate surface area is 159 Å². The molecule has 140 valence electrons. The molecule has 3 rings (SSSR count). The molecule has 1 aromatic heterocycles. The van der Waals surface area contributed by atoms with Crippen LogP contribution in [0.25, 0.3) is 11.0 Å². The Balaban J connectivity index is 1.81. The van der Waals surface area contributed by atoms with Crippen LogP contribution in [0.5, 0.6) is 0 Å². The van der Waals surface area contributed by atoms with E-state index in [1.165, 1.54) is 10.1 Å². The SMILES string of the molecule is Cc1cc2nc(C)c(=O)n(CC(=O)NC[C@@H](C)c3ccccc3)c2cc1C. The summed E-state index contributed by atoms with van der Waals surface area (Å²) in [6.45, 7) is 8.27. The number of hydrogen-bond donors (Lipinski definition) is 1. The second-order valence-corrected chi connectivity index (χ2v) is 7.13. The van der Waals surface area contributed by atoms with E-state index in [9.17, 15) is 9.59 Å². The van der Waals surface area contributed by atoms with Gasteiger partial charge in [0.2, 0.25) is 5.91 Å². The highest BCUT2D eigenvalue weighted by Gasteiger charge is 2.14. The Morgan fingerprint density at radius 1 is 1.11 bits per heavy atom. The van der Waals surface area contributed by atoms with Gasteiger partial charge in [0.15, 0.2) is 0 Å². The number of aromatic nitrogens is 2. The van der Waals surface area contributed by atoms with Crippen LogP contribution >= 0.6 is 0 Å². The standard InChI is InChI=1S/C22H25N3O2/c1-14-10-19-20(11-15(14)2)25(22(27)17(4)24-19)13-21(26)23-12-16(3)18-8-6-5-7-9-18/h5-11,16H,12-13H2,1-4H3,(H,23,26)/t16-/m1/s1. The maximum Gasteiger partial charge on any atom is 0.272 e. The minimum atomic E-state index is -0.225. The summed E-state index contributed by atoms with van der Waals surface area (Å²) in [6, 6.07) is 13.9. The molecule has 0 aliphatic rings. The predicted octanol–water partition coefficient (Wildman–Crippen LogP) is 3.24. The molecule has 5 nitrogen and oxygen atoms in total. The van der Waals surface area contributed by atoms with E-state index in [2.05, 4.69) is 17.2 Å². The quantitative estimate of drug-likeness (QED) is 0.757. The van der Waals surface area contributed by atoms with Gasteiger partial charge in [-0.05, 0) is 55.5 Å². The number of aryl methyl sites for hydroxylation is 3. The van der Waals surface area contributed by atoms with Gasteiger partial charge in [0.1, 0.15) is 12.2 Å². The minimum Gasteiger partial charge on any atom is -0.354 e. The Bertz CT molecular complexity index is 1040. The highest BCUT2D eigenvalue weighted by atomic mass is 16.2. The molecule has 0 radical (unpaired) electrons. The number of benzene rings is 2. The smallest absolute Gasteiger partial charge is 0.272 e. The summed E-state index contributed by atoms with van der Waals surface area (Å²) in [4.78, 5) is 29.5. The predicted molar refractivity (Wildman–Crippen MR) is 108 cm³/mol. The maximum absolute atomic E-state index is 12.6. The second-order valence-electron chi connectivity index (χ2n) is 7.13. The van der Waals surface area contributed by atoms with Crippen LogP contribution in [0.1, 0.15) is 35.2 Å². The summed E-state index contributed by atoms with van der Waals surface area (Å²) in [5.41, 5.74) is 4.96. The van der Waals surface area contributed by atoms with Crippen molar-refractivity contribution in [3.05, 3.63) is 75.2 Å². The molecule has 3 aromatic rings. The van der Waals surface area contributed by atoms with Crippen molar-refractivity contribution in [3.8, 4) is 0 Å². The van der Waals surface area contributed by atoms with E-state index in [-0.39, 0.29) is 23.9 Å². The number of carbonyl (C=O) groups is 1. The van der Waals surface area contributed by atoms with Gasteiger partial charge < -0.3 is 5.32 Å². The summed E-state index contributed by atoms with van der Waals surface area (Å²) >= 11 is 0. The van der Waals surface area contributed by atoms with Crippen molar-refractivity contribution < 1.29 is 4.79 Å². The van der Waals surface area contributed by atoms with Gasteiger partial charge >= 0.3 is 0 Å². The fourth-order valence-corrected chi connectivity index (χ4v) is 3.15. The van der Waals surface area contributed by atoms with Crippen molar-refractivity contribution in [2.75, 3.05) is 6.54 Å². The molecule has 1 amide bonds. The minimum absolute atomic E-state index is 0.0112. The monoisotopic (exact) mass is 363 g/mol. The van der Waals surface area contributed by atoms with Gasteiger partial charge in [-0.25, -0.2) is 4.98 Å². The highest BCUT2D eigenvalue weighted by molar-refractivity contribution is 5.81. The zero-order valence-corrected chi connectivity index (χ0v) is 16.2. The molecule has 0 unspecified atom stereocenters. The molecule has 0 aliphatic carbocycles. The third-order valence-electron chi connectivity index (χ3n) is 5.00. The van der Waals surface area contributed by atoms with E-state index in [1.807, 2.05) is 56.3 Å². The van der Waals surface area contributed by atoms with Crippen molar-refractivity contribution in [1.82, 2.24) is 14.9 Å². The van der Waals surface area contributed by atoms with Crippen LogP contribution in [-0.2, 0) is 11.3 Å². The zero-order valence-electron chi connectivity index (χ0n) is 16.2. The molecule has 1 heterocycles. The van der Waals surface area contributed by atoms with Crippen molar-refractivity contribution in [2.24, 2.45) is 0 Å². The number of amides is 1. The molecule has 5 heteroatoms. The first-order chi connectivity index (χ1) is 12.9. The average Bonchev–Trinajstić information content (AvgIpc) is 2.66. The summed E-state index contributed by atoms with van der Waals surface area (Å²) in [5, 5.41) is 2.95. The van der Waals surface area contributed by atoms with Gasteiger partial charge in [-0.3, -0.25) is 14.2 Å². The third kappa shape index (κ3) is 4.08. The van der Waals surface area contributed by atoms with E-state index in [0.29, 0.717) is 17.8 Å². The van der Waals surface area contributed by atoms with Crippen LogP contribution in [0.15, 0.2) is 47.3 Å². The Hall–Kier alpha value is -2.95. The van der Waals surface area contributed by atoms with E-state index >= 15 is 0 Å². The van der Waals surface area contributed by atoms with Crippen LogP contribution in [0, 0.1) is 20.8 Å². The Morgan fingerprint density at radius 3 is 2.48 bits per heavy atom. The Kier molecular flexibility index (Phi) is 5.40. The molecule has 0 saturated heterocycles. The normalized spacial score (nSPS) is 12.1. The lowest BCUT2D eigenvalue weighted by molar-refractivity contribution is -0.121. The van der Waals surface area contributed by atoms with Crippen molar-refractivity contribution in [2.45, 2.75) is 40.2 Å². The van der Waals surface area contributed by atoms with Gasteiger partial charge in [0, 0.05) is 6.54 Å². The summed E-state index contributed by atoms with van der Waals surface area (Å²) in [6.07, 6.45) is 0. The summed E-state index contributed by atoms with van der Waals surface area (Å²) < 4.78 is 1.52. The van der Waals surface area contributed by atoms with Crippen molar-refractivity contribution in [1.29, 1.82) is 0 Å². The number of nitrogens with one attached hydrogen (secondary N) is 1. The van der Waals surface area contributed by atoms with Gasteiger partial charge in [-0.1, -0.05) is 37.3 Å². The fraction of sp³-hybridized carbons (Fsp3) is 0.318.